The topological polar surface area (TPSA) is 41.0 Å². The molecule has 1 heterocycles. The first-order chi connectivity index (χ1) is 20.0. The van der Waals surface area contributed by atoms with Crippen molar-refractivity contribution in [1.82, 2.24) is 14.9 Å². The molecule has 1 atom stereocenters. The van der Waals surface area contributed by atoms with Gasteiger partial charge in [-0.15, -0.1) is 0 Å². The zero-order valence-electron chi connectivity index (χ0n) is 23.0. The van der Waals surface area contributed by atoms with Crippen LogP contribution in [0.5, 0.6) is 0 Å². The summed E-state index contributed by atoms with van der Waals surface area (Å²) < 4.78 is 0. The number of nitrogens with zero attached hydrogens (tertiary/aromatic N) is 3. The predicted molar refractivity (Wildman–Crippen MR) is 171 cm³/mol. The van der Waals surface area contributed by atoms with Gasteiger partial charge in [0.25, 0.3) is 0 Å². The molecule has 4 aromatic carbocycles. The van der Waals surface area contributed by atoms with Crippen molar-refractivity contribution in [2.24, 2.45) is 0 Å². The number of rotatable bonds is 9. The lowest BCUT2D eigenvalue weighted by Crippen LogP contribution is -2.23. The molecule has 4 nitrogen and oxygen atoms in total. The summed E-state index contributed by atoms with van der Waals surface area (Å²) in [4.78, 5) is 12.1. The van der Waals surface area contributed by atoms with E-state index in [1.54, 1.807) is 0 Å². The Bertz CT molecular complexity index is 1650. The largest absolute Gasteiger partial charge is 0.324 e. The second-order valence-corrected chi connectivity index (χ2v) is 11.5. The van der Waals surface area contributed by atoms with Crippen molar-refractivity contribution in [3.05, 3.63) is 141 Å². The minimum absolute atomic E-state index is 0.165. The zero-order chi connectivity index (χ0) is 28.2. The van der Waals surface area contributed by atoms with E-state index in [1.165, 1.54) is 16.7 Å². The molecule has 206 valence electrons. The lowest BCUT2D eigenvalue weighted by atomic mass is 9.78. The highest BCUT2D eigenvalue weighted by molar-refractivity contribution is 6.42. The second kappa shape index (κ2) is 12.4. The highest BCUT2D eigenvalue weighted by atomic mass is 35.5. The predicted octanol–water partition coefficient (Wildman–Crippen LogP) is 8.60. The first-order valence-corrected chi connectivity index (χ1v) is 14.8. The van der Waals surface area contributed by atoms with Crippen molar-refractivity contribution in [2.75, 3.05) is 25.5 Å². The zero-order valence-corrected chi connectivity index (χ0v) is 24.5. The van der Waals surface area contributed by atoms with Crippen molar-refractivity contribution < 1.29 is 0 Å². The quantitative estimate of drug-likeness (QED) is 0.190. The highest BCUT2D eigenvalue weighted by Gasteiger charge is 2.27. The summed E-state index contributed by atoms with van der Waals surface area (Å²) >= 11 is 12.6. The molecule has 41 heavy (non-hydrogen) atoms. The molecule has 0 aliphatic heterocycles. The Morgan fingerprint density at radius 2 is 1.56 bits per heavy atom. The molecule has 0 amide bonds. The molecule has 1 aliphatic carbocycles. The second-order valence-electron chi connectivity index (χ2n) is 10.7. The molecule has 6 rings (SSSR count). The molecule has 1 aromatic heterocycles. The standard InChI is InChI=1S/C35H32Cl2N4/c1-41(18-16-24-8-3-2-4-9-24)19-17-25-10-7-11-28(20-25)39-35-38-23-27-21-31(26-14-15-32(36)33(37)22-26)29-12-5-6-13-30(29)34(27)40-35/h2-15,20,22-23,31H,16-19,21H2,1H3,(H,38,39,40)/t31-/m0/s1. The van der Waals surface area contributed by atoms with Crippen LogP contribution >= 0.6 is 23.2 Å². The molecule has 1 N–H and O–H groups in total. The lowest BCUT2D eigenvalue weighted by Gasteiger charge is -2.27. The molecule has 0 fully saturated rings. The molecule has 0 unspecified atom stereocenters. The van der Waals surface area contributed by atoms with Crippen molar-refractivity contribution >= 4 is 34.8 Å². The van der Waals surface area contributed by atoms with Gasteiger partial charge in [0.05, 0.1) is 15.7 Å². The van der Waals surface area contributed by atoms with E-state index in [4.69, 9.17) is 33.2 Å². The average molecular weight is 580 g/mol. The third-order valence-corrected chi connectivity index (χ3v) is 8.56. The first-order valence-electron chi connectivity index (χ1n) is 14.0. The Balaban J connectivity index is 1.15. The van der Waals surface area contributed by atoms with Gasteiger partial charge in [0.15, 0.2) is 0 Å². The lowest BCUT2D eigenvalue weighted by molar-refractivity contribution is 0.343. The van der Waals surface area contributed by atoms with Gasteiger partial charge >= 0.3 is 0 Å². The van der Waals surface area contributed by atoms with Crippen molar-refractivity contribution in [1.29, 1.82) is 0 Å². The maximum absolute atomic E-state index is 6.37. The Hall–Kier alpha value is -3.70. The fourth-order valence-corrected chi connectivity index (χ4v) is 5.86. The molecule has 0 saturated heterocycles. The molecule has 1 aliphatic rings. The number of anilines is 2. The normalized spacial score (nSPS) is 14.0. The summed E-state index contributed by atoms with van der Waals surface area (Å²) in [5.74, 6) is 0.766. The minimum Gasteiger partial charge on any atom is -0.324 e. The van der Waals surface area contributed by atoms with Gasteiger partial charge in [0.1, 0.15) is 0 Å². The van der Waals surface area contributed by atoms with Gasteiger partial charge in [-0.2, -0.15) is 0 Å². The van der Waals surface area contributed by atoms with E-state index in [1.807, 2.05) is 18.3 Å². The van der Waals surface area contributed by atoms with Gasteiger partial charge in [-0.05, 0) is 78.4 Å². The Labute approximate surface area is 252 Å². The van der Waals surface area contributed by atoms with E-state index >= 15 is 0 Å². The monoisotopic (exact) mass is 578 g/mol. The highest BCUT2D eigenvalue weighted by Crippen LogP contribution is 2.43. The molecular weight excluding hydrogens is 547 g/mol. The van der Waals surface area contributed by atoms with Crippen molar-refractivity contribution in [3.63, 3.8) is 0 Å². The number of nitrogens with one attached hydrogen (secondary N) is 1. The van der Waals surface area contributed by atoms with E-state index in [2.05, 4.69) is 102 Å². The van der Waals surface area contributed by atoms with E-state index in [0.717, 1.165) is 60.4 Å². The summed E-state index contributed by atoms with van der Waals surface area (Å²) in [6.45, 7) is 2.04. The maximum atomic E-state index is 6.37. The number of benzene rings is 4. The minimum atomic E-state index is 0.165. The van der Waals surface area contributed by atoms with Crippen LogP contribution in [-0.2, 0) is 19.3 Å². The van der Waals surface area contributed by atoms with Gasteiger partial charge in [-0.25, -0.2) is 9.97 Å². The molecular formula is C35H32Cl2N4. The van der Waals surface area contributed by atoms with E-state index in [-0.39, 0.29) is 5.92 Å². The third-order valence-electron chi connectivity index (χ3n) is 7.82. The van der Waals surface area contributed by atoms with Gasteiger partial charge in [0.2, 0.25) is 5.95 Å². The molecule has 0 spiro atoms. The SMILES string of the molecule is CN(CCc1ccccc1)CCc1cccc(Nc2ncc3c(n2)-c2ccccc2[C@H](c2ccc(Cl)c(Cl)c2)C3)c1. The average Bonchev–Trinajstić information content (AvgIpc) is 3.01. The summed E-state index contributed by atoms with van der Waals surface area (Å²) in [5.41, 5.74) is 9.26. The van der Waals surface area contributed by atoms with Gasteiger partial charge in [-0.1, -0.05) is 96.0 Å². The fourth-order valence-electron chi connectivity index (χ4n) is 5.55. The summed E-state index contributed by atoms with van der Waals surface area (Å²) in [7, 11) is 2.19. The van der Waals surface area contributed by atoms with Gasteiger partial charge in [0, 0.05) is 36.5 Å². The summed E-state index contributed by atoms with van der Waals surface area (Å²) in [5, 5.41) is 4.59. The van der Waals surface area contributed by atoms with Crippen LogP contribution < -0.4 is 5.32 Å². The maximum Gasteiger partial charge on any atom is 0.227 e. The number of fused-ring (bicyclic) bond motifs is 3. The van der Waals surface area contributed by atoms with E-state index in [0.29, 0.717) is 16.0 Å². The van der Waals surface area contributed by atoms with Crippen LogP contribution in [0.25, 0.3) is 11.3 Å². The summed E-state index contributed by atoms with van der Waals surface area (Å²) in [6, 6.07) is 33.6. The number of halogens is 2. The molecule has 5 aromatic rings. The molecule has 0 bridgehead atoms. The number of hydrogen-bond donors (Lipinski definition) is 1. The van der Waals surface area contributed by atoms with Gasteiger partial charge < -0.3 is 10.2 Å². The number of aromatic nitrogens is 2. The van der Waals surface area contributed by atoms with Crippen LogP contribution in [0.3, 0.4) is 0 Å². The number of hydrogen-bond acceptors (Lipinski definition) is 4. The van der Waals surface area contributed by atoms with E-state index in [9.17, 15) is 0 Å². The Morgan fingerprint density at radius 3 is 2.39 bits per heavy atom. The summed E-state index contributed by atoms with van der Waals surface area (Å²) in [6.07, 6.45) is 4.80. The molecule has 0 radical (unpaired) electrons. The van der Waals surface area contributed by atoms with Crippen molar-refractivity contribution in [2.45, 2.75) is 25.2 Å². The third kappa shape index (κ3) is 6.46. The van der Waals surface area contributed by atoms with Crippen LogP contribution in [0.1, 0.15) is 33.7 Å². The molecule has 6 heteroatoms. The van der Waals surface area contributed by atoms with Crippen LogP contribution in [-0.4, -0.2) is 35.0 Å². The Kier molecular flexibility index (Phi) is 8.33. The van der Waals surface area contributed by atoms with Crippen LogP contribution in [0, 0.1) is 0 Å². The van der Waals surface area contributed by atoms with E-state index < -0.39 is 0 Å². The first kappa shape index (κ1) is 27.5. The van der Waals surface area contributed by atoms with Gasteiger partial charge in [-0.3, -0.25) is 0 Å². The molecule has 0 saturated carbocycles. The van der Waals surface area contributed by atoms with Crippen LogP contribution in [0.2, 0.25) is 10.0 Å². The fraction of sp³-hybridized carbons (Fsp3) is 0.200. The smallest absolute Gasteiger partial charge is 0.227 e. The number of likely N-dealkylation sites (N-methyl/N-ethyl adjacent to an activating group) is 1. The van der Waals surface area contributed by atoms with Crippen molar-refractivity contribution in [3.8, 4) is 11.3 Å². The Morgan fingerprint density at radius 1 is 0.805 bits per heavy atom. The van der Waals surface area contributed by atoms with Crippen LogP contribution in [0.4, 0.5) is 11.6 Å². The van der Waals surface area contributed by atoms with Crippen LogP contribution in [0.15, 0.2) is 103 Å².